The maximum Gasteiger partial charge on any atom is 0.220 e. The quantitative estimate of drug-likeness (QED) is 0.820. The molecule has 1 aromatic heterocycles. The lowest BCUT2D eigenvalue weighted by molar-refractivity contribution is 0.305. The summed E-state index contributed by atoms with van der Waals surface area (Å²) in [6.45, 7) is 0. The summed E-state index contributed by atoms with van der Waals surface area (Å²) in [5.74, 6) is 0.618. The Morgan fingerprint density at radius 2 is 1.62 bits per heavy atom. The van der Waals surface area contributed by atoms with Crippen LogP contribution >= 0.6 is 23.2 Å². The van der Waals surface area contributed by atoms with Crippen LogP contribution in [0.3, 0.4) is 0 Å². The highest BCUT2D eigenvalue weighted by Gasteiger charge is 2.42. The third-order valence-corrected chi connectivity index (χ3v) is 5.64. The standard InChI is InChI=1S/C17H19Cl2N7/c18-13-14(19)25(10-22-13)11-4-6-12(7-5-11)26-16(21)23-15(20)24-17(26)8-2-1-3-9-17/h4-7,10H,1-3,8-9H2,(H4,20,21,23,24). The average Bonchev–Trinajstić information content (AvgIpc) is 2.95. The normalized spacial score (nSPS) is 19.4. The maximum absolute atomic E-state index is 6.24. The predicted molar refractivity (Wildman–Crippen MR) is 105 cm³/mol. The first kappa shape index (κ1) is 17.2. The lowest BCUT2D eigenvalue weighted by Crippen LogP contribution is -2.58. The zero-order valence-electron chi connectivity index (χ0n) is 14.1. The van der Waals surface area contributed by atoms with Crippen LogP contribution in [-0.2, 0) is 0 Å². The number of aliphatic imine (C=N–C) groups is 2. The Labute approximate surface area is 161 Å². The maximum atomic E-state index is 6.24. The fourth-order valence-electron chi connectivity index (χ4n) is 3.75. The Bertz CT molecular complexity index is 879. The first-order valence-corrected chi connectivity index (χ1v) is 9.24. The molecule has 1 saturated carbocycles. The summed E-state index contributed by atoms with van der Waals surface area (Å²) >= 11 is 12.1. The van der Waals surface area contributed by atoms with Crippen LogP contribution in [0.4, 0.5) is 5.69 Å². The molecule has 2 aromatic rings. The SMILES string of the molecule is NC1=NC2(CCCCC2)N(c2ccc(-n3cnc(Cl)c3Cl)cc2)C(N)=N1. The summed E-state index contributed by atoms with van der Waals surface area (Å²) in [7, 11) is 0. The fourth-order valence-corrected chi connectivity index (χ4v) is 4.07. The van der Waals surface area contributed by atoms with Crippen molar-refractivity contribution in [3.63, 3.8) is 0 Å². The van der Waals surface area contributed by atoms with Crippen LogP contribution in [-0.4, -0.2) is 27.1 Å². The second-order valence-corrected chi connectivity index (χ2v) is 7.25. The van der Waals surface area contributed by atoms with Gasteiger partial charge in [-0.2, -0.15) is 4.99 Å². The number of anilines is 1. The number of imidazole rings is 1. The van der Waals surface area contributed by atoms with E-state index in [2.05, 4.69) is 15.0 Å². The van der Waals surface area contributed by atoms with Crippen molar-refractivity contribution in [2.75, 3.05) is 4.90 Å². The lowest BCUT2D eigenvalue weighted by atomic mass is 9.87. The molecule has 4 N–H and O–H groups in total. The Morgan fingerprint density at radius 1 is 0.962 bits per heavy atom. The Morgan fingerprint density at radius 3 is 2.23 bits per heavy atom. The molecular weight excluding hydrogens is 373 g/mol. The highest BCUT2D eigenvalue weighted by molar-refractivity contribution is 6.40. The van der Waals surface area contributed by atoms with E-state index in [-0.39, 0.29) is 11.1 Å². The molecule has 0 atom stereocenters. The summed E-state index contributed by atoms with van der Waals surface area (Å²) in [4.78, 5) is 14.9. The molecule has 0 radical (unpaired) electrons. The molecule has 1 aliphatic carbocycles. The van der Waals surface area contributed by atoms with Crippen LogP contribution in [0.25, 0.3) is 5.69 Å². The van der Waals surface area contributed by atoms with Crippen molar-refractivity contribution < 1.29 is 0 Å². The van der Waals surface area contributed by atoms with E-state index < -0.39 is 5.66 Å². The number of halogens is 2. The topological polar surface area (TPSA) is 97.8 Å². The van der Waals surface area contributed by atoms with Crippen molar-refractivity contribution in [1.29, 1.82) is 0 Å². The van der Waals surface area contributed by atoms with Gasteiger partial charge in [0.1, 0.15) is 12.0 Å². The molecule has 1 aliphatic heterocycles. The molecule has 0 saturated heterocycles. The van der Waals surface area contributed by atoms with Crippen LogP contribution in [0.2, 0.25) is 10.3 Å². The third kappa shape index (κ3) is 2.81. The molecule has 0 bridgehead atoms. The van der Waals surface area contributed by atoms with Gasteiger partial charge in [0.2, 0.25) is 11.9 Å². The summed E-state index contributed by atoms with van der Waals surface area (Å²) in [6.07, 6.45) is 6.75. The lowest BCUT2D eigenvalue weighted by Gasteiger charge is -2.45. The van der Waals surface area contributed by atoms with Crippen LogP contribution < -0.4 is 16.4 Å². The van der Waals surface area contributed by atoms with Gasteiger partial charge in [-0.05, 0) is 49.9 Å². The average molecular weight is 392 g/mol. The minimum absolute atomic E-state index is 0.247. The van der Waals surface area contributed by atoms with E-state index in [1.165, 1.54) is 6.42 Å². The minimum atomic E-state index is -0.453. The number of nitrogens with zero attached hydrogens (tertiary/aromatic N) is 5. The van der Waals surface area contributed by atoms with Crippen LogP contribution in [0.5, 0.6) is 0 Å². The zero-order chi connectivity index (χ0) is 18.3. The Kier molecular flexibility index (Phi) is 4.28. The second-order valence-electron chi connectivity index (χ2n) is 6.53. The van der Waals surface area contributed by atoms with Gasteiger partial charge in [-0.15, -0.1) is 0 Å². The van der Waals surface area contributed by atoms with Gasteiger partial charge in [-0.1, -0.05) is 29.6 Å². The number of guanidine groups is 2. The number of nitrogens with two attached hydrogens (primary N) is 2. The minimum Gasteiger partial charge on any atom is -0.369 e. The molecule has 1 aromatic carbocycles. The van der Waals surface area contributed by atoms with Crippen LogP contribution in [0.1, 0.15) is 32.1 Å². The number of benzene rings is 1. The molecule has 4 rings (SSSR count). The van der Waals surface area contributed by atoms with Crippen molar-refractivity contribution in [3.8, 4) is 5.69 Å². The first-order valence-electron chi connectivity index (χ1n) is 8.49. The Balaban J connectivity index is 1.71. The van der Waals surface area contributed by atoms with Crippen LogP contribution in [0.15, 0.2) is 40.6 Å². The van der Waals surface area contributed by atoms with Gasteiger partial charge < -0.3 is 11.5 Å². The summed E-state index contributed by atoms with van der Waals surface area (Å²) in [5.41, 5.74) is 13.5. The molecule has 0 unspecified atom stereocenters. The second kappa shape index (κ2) is 6.48. The monoisotopic (exact) mass is 391 g/mol. The molecule has 2 aliphatic rings. The van der Waals surface area contributed by atoms with Gasteiger partial charge in [0.15, 0.2) is 10.3 Å². The molecular formula is C17H19Cl2N7. The van der Waals surface area contributed by atoms with E-state index in [1.807, 2.05) is 29.2 Å². The molecule has 136 valence electrons. The van der Waals surface area contributed by atoms with E-state index >= 15 is 0 Å². The third-order valence-electron chi connectivity index (χ3n) is 4.91. The molecule has 7 nitrogen and oxygen atoms in total. The van der Waals surface area contributed by atoms with Crippen LogP contribution in [0, 0.1) is 0 Å². The zero-order valence-corrected chi connectivity index (χ0v) is 15.6. The van der Waals surface area contributed by atoms with E-state index in [0.29, 0.717) is 11.1 Å². The largest absolute Gasteiger partial charge is 0.369 e. The van der Waals surface area contributed by atoms with Crippen molar-refractivity contribution in [3.05, 3.63) is 40.9 Å². The van der Waals surface area contributed by atoms with Crippen molar-refractivity contribution >= 4 is 40.8 Å². The molecule has 1 spiro atoms. The molecule has 1 fully saturated rings. The summed E-state index contributed by atoms with van der Waals surface area (Å²) in [6, 6.07) is 7.81. The number of hydrogen-bond donors (Lipinski definition) is 2. The Hall–Kier alpha value is -2.25. The van der Waals surface area contributed by atoms with Gasteiger partial charge in [-0.3, -0.25) is 9.47 Å². The fraction of sp³-hybridized carbons (Fsp3) is 0.353. The first-order chi connectivity index (χ1) is 12.5. The highest BCUT2D eigenvalue weighted by atomic mass is 35.5. The van der Waals surface area contributed by atoms with Gasteiger partial charge in [0.25, 0.3) is 0 Å². The van der Waals surface area contributed by atoms with Crippen molar-refractivity contribution in [2.24, 2.45) is 21.5 Å². The summed E-state index contributed by atoms with van der Waals surface area (Å²) in [5, 5.41) is 0.647. The number of aromatic nitrogens is 2. The molecule has 0 amide bonds. The smallest absolute Gasteiger partial charge is 0.220 e. The van der Waals surface area contributed by atoms with E-state index in [1.54, 1.807) is 10.9 Å². The molecule has 26 heavy (non-hydrogen) atoms. The summed E-state index contributed by atoms with van der Waals surface area (Å²) < 4.78 is 1.72. The van der Waals surface area contributed by atoms with Crippen molar-refractivity contribution in [1.82, 2.24) is 9.55 Å². The number of rotatable bonds is 2. The van der Waals surface area contributed by atoms with E-state index in [4.69, 9.17) is 34.7 Å². The molecule has 2 heterocycles. The van der Waals surface area contributed by atoms with Crippen molar-refractivity contribution in [2.45, 2.75) is 37.8 Å². The molecule has 9 heteroatoms. The van der Waals surface area contributed by atoms with Gasteiger partial charge in [0.05, 0.1) is 0 Å². The van der Waals surface area contributed by atoms with E-state index in [9.17, 15) is 0 Å². The van der Waals surface area contributed by atoms with Gasteiger partial charge in [0, 0.05) is 11.4 Å². The van der Waals surface area contributed by atoms with E-state index in [0.717, 1.165) is 37.1 Å². The predicted octanol–water partition coefficient (Wildman–Crippen LogP) is 3.29. The highest BCUT2D eigenvalue weighted by Crippen LogP contribution is 2.39. The van der Waals surface area contributed by atoms with Gasteiger partial charge >= 0.3 is 0 Å². The van der Waals surface area contributed by atoms with Gasteiger partial charge in [-0.25, -0.2) is 9.98 Å². The number of hydrogen-bond acceptors (Lipinski definition) is 6.